The van der Waals surface area contributed by atoms with Crippen LogP contribution in [-0.2, 0) is 11.3 Å². The summed E-state index contributed by atoms with van der Waals surface area (Å²) < 4.78 is 34.3. The van der Waals surface area contributed by atoms with E-state index in [1.807, 2.05) is 39.1 Å². The van der Waals surface area contributed by atoms with E-state index in [4.69, 9.17) is 4.74 Å². The van der Waals surface area contributed by atoms with Crippen LogP contribution in [0.25, 0.3) is 0 Å². The van der Waals surface area contributed by atoms with E-state index in [-0.39, 0.29) is 24.0 Å². The number of nitrogens with one attached hydrogen (secondary N) is 2. The van der Waals surface area contributed by atoms with Crippen molar-refractivity contribution in [2.75, 3.05) is 26.0 Å². The number of benzene rings is 2. The Labute approximate surface area is 157 Å². The predicted octanol–water partition coefficient (Wildman–Crippen LogP) is 2.57. The third-order valence-electron chi connectivity index (χ3n) is 4.08. The van der Waals surface area contributed by atoms with Gasteiger partial charge in [-0.05, 0) is 49.2 Å². The number of rotatable bonds is 8. The van der Waals surface area contributed by atoms with Crippen LogP contribution in [-0.4, -0.2) is 33.2 Å². The molecule has 0 aliphatic heterocycles. The van der Waals surface area contributed by atoms with Crippen molar-refractivity contribution in [3.63, 3.8) is 0 Å². The highest BCUT2D eigenvalue weighted by Gasteiger charge is 2.15. The first kappa shape index (κ1) is 20.6. The molecule has 1 unspecified atom stereocenters. The molecule has 27 heavy (non-hydrogen) atoms. The van der Waals surface area contributed by atoms with Crippen molar-refractivity contribution in [2.45, 2.75) is 27.0 Å². The van der Waals surface area contributed by atoms with Gasteiger partial charge in [0, 0.05) is 11.3 Å². The second-order valence-corrected chi connectivity index (χ2v) is 6.54. The number of anilines is 1. The highest BCUT2D eigenvalue weighted by atomic mass is 19.3. The number of halogens is 2. The Balaban J connectivity index is 1.97. The molecule has 0 bridgehead atoms. The molecule has 1 atom stereocenters. The molecule has 0 spiro atoms. The van der Waals surface area contributed by atoms with E-state index in [9.17, 15) is 13.6 Å². The first-order chi connectivity index (χ1) is 12.8. The number of amides is 1. The van der Waals surface area contributed by atoms with E-state index in [0.717, 1.165) is 27.3 Å². The number of hydrogen-bond acceptors (Lipinski definition) is 3. The maximum absolute atomic E-state index is 12.4. The second kappa shape index (κ2) is 9.32. The molecule has 2 N–H and O–H groups in total. The van der Waals surface area contributed by atoms with Crippen LogP contribution in [0.3, 0.4) is 0 Å². The molecule has 0 aliphatic carbocycles. The van der Waals surface area contributed by atoms with Gasteiger partial charge in [0.05, 0.1) is 14.2 Å². The Bertz CT molecular complexity index is 797. The van der Waals surface area contributed by atoms with Gasteiger partial charge >= 0.3 is 6.61 Å². The highest BCUT2D eigenvalue weighted by molar-refractivity contribution is 5.92. The minimum atomic E-state index is -2.91. The zero-order chi connectivity index (χ0) is 20.0. The lowest BCUT2D eigenvalue weighted by molar-refractivity contribution is -0.885. The number of aryl methyl sites for hydroxylation is 2. The molecule has 2 aromatic carbocycles. The first-order valence-electron chi connectivity index (χ1n) is 8.58. The average Bonchev–Trinajstić information content (AvgIpc) is 2.58. The van der Waals surface area contributed by atoms with Crippen molar-refractivity contribution in [1.82, 2.24) is 0 Å². The van der Waals surface area contributed by atoms with Crippen LogP contribution < -0.4 is 19.7 Å². The molecule has 0 heterocycles. The van der Waals surface area contributed by atoms with Crippen molar-refractivity contribution in [2.24, 2.45) is 0 Å². The summed E-state index contributed by atoms with van der Waals surface area (Å²) in [6.07, 6.45) is 0. The number of likely N-dealkylation sites (N-methyl/N-ethyl adjacent to an activating group) is 1. The van der Waals surface area contributed by atoms with Crippen molar-refractivity contribution in [3.05, 3.63) is 53.1 Å². The van der Waals surface area contributed by atoms with Gasteiger partial charge in [-0.15, -0.1) is 0 Å². The molecular weight excluding hydrogens is 354 g/mol. The third-order valence-corrected chi connectivity index (χ3v) is 4.08. The number of quaternary nitrogens is 1. The molecule has 0 fully saturated rings. The average molecular weight is 379 g/mol. The molecule has 0 saturated heterocycles. The van der Waals surface area contributed by atoms with E-state index in [1.54, 1.807) is 12.1 Å². The van der Waals surface area contributed by atoms with Crippen LogP contribution in [0, 0.1) is 13.8 Å². The van der Waals surface area contributed by atoms with Crippen molar-refractivity contribution in [3.8, 4) is 11.5 Å². The van der Waals surface area contributed by atoms with E-state index in [1.165, 1.54) is 13.2 Å². The third kappa shape index (κ3) is 6.21. The second-order valence-electron chi connectivity index (χ2n) is 6.54. The van der Waals surface area contributed by atoms with Crippen molar-refractivity contribution >= 4 is 11.6 Å². The Morgan fingerprint density at radius 1 is 1.15 bits per heavy atom. The summed E-state index contributed by atoms with van der Waals surface area (Å²) in [7, 11) is 3.28. The Morgan fingerprint density at radius 2 is 1.89 bits per heavy atom. The Kier molecular flexibility index (Phi) is 7.12. The molecule has 0 aliphatic rings. The van der Waals surface area contributed by atoms with Gasteiger partial charge in [0.25, 0.3) is 5.91 Å². The normalized spacial score (nSPS) is 12.0. The number of alkyl halides is 2. The molecule has 2 aromatic rings. The summed E-state index contributed by atoms with van der Waals surface area (Å²) in [5.41, 5.74) is 3.74. The number of methoxy groups -OCH3 is 1. The van der Waals surface area contributed by atoms with Crippen molar-refractivity contribution in [1.29, 1.82) is 0 Å². The summed E-state index contributed by atoms with van der Waals surface area (Å²) in [6, 6.07) is 10.7. The first-order valence-corrected chi connectivity index (χ1v) is 8.58. The fourth-order valence-electron chi connectivity index (χ4n) is 2.77. The van der Waals surface area contributed by atoms with Gasteiger partial charge < -0.3 is 19.7 Å². The van der Waals surface area contributed by atoms with Gasteiger partial charge in [0.1, 0.15) is 6.54 Å². The Morgan fingerprint density at radius 3 is 2.56 bits per heavy atom. The lowest BCUT2D eigenvalue weighted by Crippen LogP contribution is -3.08. The van der Waals surface area contributed by atoms with Crippen LogP contribution >= 0.6 is 0 Å². The standard InChI is InChI=1S/C20H24F2N2O3/c1-13-5-6-14(2)16(9-13)23-19(25)12-24(3)11-15-7-8-17(27-20(21)22)18(10-15)26-4/h5-10,20H,11-12H2,1-4H3,(H,23,25)/p+1. The summed E-state index contributed by atoms with van der Waals surface area (Å²) in [5.74, 6) is 0.132. The number of hydrogen-bond donors (Lipinski definition) is 2. The number of ether oxygens (including phenoxy) is 2. The fourth-order valence-corrected chi connectivity index (χ4v) is 2.77. The summed E-state index contributed by atoms with van der Waals surface area (Å²) >= 11 is 0. The van der Waals surface area contributed by atoms with Crippen LogP contribution in [0.5, 0.6) is 11.5 Å². The molecule has 0 saturated carbocycles. The Hall–Kier alpha value is -2.67. The summed E-state index contributed by atoms with van der Waals surface area (Å²) in [6.45, 7) is 1.81. The molecule has 0 aromatic heterocycles. The smallest absolute Gasteiger partial charge is 0.387 e. The van der Waals surface area contributed by atoms with Crippen molar-refractivity contribution < 1.29 is 27.9 Å². The monoisotopic (exact) mass is 379 g/mol. The summed E-state index contributed by atoms with van der Waals surface area (Å²) in [5, 5.41) is 2.93. The maximum Gasteiger partial charge on any atom is 0.387 e. The largest absolute Gasteiger partial charge is 0.493 e. The lowest BCUT2D eigenvalue weighted by atomic mass is 10.1. The fraction of sp³-hybridized carbons (Fsp3) is 0.350. The summed E-state index contributed by atoms with van der Waals surface area (Å²) in [4.78, 5) is 13.3. The zero-order valence-corrected chi connectivity index (χ0v) is 15.9. The molecule has 5 nitrogen and oxygen atoms in total. The molecule has 1 amide bonds. The van der Waals surface area contributed by atoms with E-state index >= 15 is 0 Å². The van der Waals surface area contributed by atoms with E-state index in [0.29, 0.717) is 6.54 Å². The lowest BCUT2D eigenvalue weighted by Gasteiger charge is -2.16. The predicted molar refractivity (Wildman–Crippen MR) is 99.6 cm³/mol. The van der Waals surface area contributed by atoms with Crippen LogP contribution in [0.1, 0.15) is 16.7 Å². The van der Waals surface area contributed by atoms with Gasteiger partial charge in [0.2, 0.25) is 0 Å². The van der Waals surface area contributed by atoms with Crippen LogP contribution in [0.2, 0.25) is 0 Å². The van der Waals surface area contributed by atoms with E-state index in [2.05, 4.69) is 10.1 Å². The number of carbonyl (C=O) groups is 1. The van der Waals surface area contributed by atoms with Crippen LogP contribution in [0.15, 0.2) is 36.4 Å². The highest BCUT2D eigenvalue weighted by Crippen LogP contribution is 2.29. The minimum Gasteiger partial charge on any atom is -0.493 e. The molecule has 7 heteroatoms. The molecule has 2 rings (SSSR count). The van der Waals surface area contributed by atoms with E-state index < -0.39 is 6.61 Å². The molecule has 146 valence electrons. The maximum atomic E-state index is 12.4. The van der Waals surface area contributed by atoms with Gasteiger partial charge in [-0.2, -0.15) is 8.78 Å². The van der Waals surface area contributed by atoms with Gasteiger partial charge in [0.15, 0.2) is 18.0 Å². The van der Waals surface area contributed by atoms with Gasteiger partial charge in [-0.1, -0.05) is 12.1 Å². The van der Waals surface area contributed by atoms with Gasteiger partial charge in [-0.3, -0.25) is 4.79 Å². The zero-order valence-electron chi connectivity index (χ0n) is 15.9. The van der Waals surface area contributed by atoms with Gasteiger partial charge in [-0.25, -0.2) is 0 Å². The topological polar surface area (TPSA) is 52.0 Å². The van der Waals surface area contributed by atoms with Crippen LogP contribution in [0.4, 0.5) is 14.5 Å². The SMILES string of the molecule is COc1cc(C[NH+](C)CC(=O)Nc2cc(C)ccc2C)ccc1OC(F)F. The minimum absolute atomic E-state index is 0.0124. The number of carbonyl (C=O) groups excluding carboxylic acids is 1. The quantitative estimate of drug-likeness (QED) is 0.741. The molecular formula is C20H25F2N2O3+. The molecule has 0 radical (unpaired) electrons.